The number of nitrogens with zero attached hydrogens (tertiary/aromatic N) is 3. The van der Waals surface area contributed by atoms with E-state index in [-0.39, 0.29) is 18.1 Å². The van der Waals surface area contributed by atoms with Gasteiger partial charge in [0, 0.05) is 32.9 Å². The van der Waals surface area contributed by atoms with E-state index in [1.165, 1.54) is 0 Å². The van der Waals surface area contributed by atoms with E-state index in [1.54, 1.807) is 28.9 Å². The van der Waals surface area contributed by atoms with E-state index in [9.17, 15) is 4.79 Å². The Hall–Kier alpha value is -1.40. The van der Waals surface area contributed by atoms with Gasteiger partial charge in [0.25, 0.3) is 5.91 Å². The molecule has 2 heterocycles. The van der Waals surface area contributed by atoms with Crippen molar-refractivity contribution in [3.05, 3.63) is 18.0 Å². The third-order valence-corrected chi connectivity index (χ3v) is 2.81. The first-order valence-corrected chi connectivity index (χ1v) is 5.74. The predicted octanol–water partition coefficient (Wildman–Crippen LogP) is -0.392. The summed E-state index contributed by atoms with van der Waals surface area (Å²) in [4.78, 5) is 13.9. The van der Waals surface area contributed by atoms with Crippen LogP contribution in [0.1, 0.15) is 17.4 Å². The Morgan fingerprint density at radius 1 is 1.65 bits per heavy atom. The molecule has 2 rings (SSSR count). The molecule has 6 nitrogen and oxygen atoms in total. The molecule has 2 unspecified atom stereocenters. The van der Waals surface area contributed by atoms with Crippen molar-refractivity contribution in [1.82, 2.24) is 14.7 Å². The van der Waals surface area contributed by atoms with Gasteiger partial charge >= 0.3 is 0 Å². The van der Waals surface area contributed by atoms with Crippen molar-refractivity contribution < 1.29 is 9.53 Å². The first-order chi connectivity index (χ1) is 8.10. The number of amides is 1. The monoisotopic (exact) mass is 238 g/mol. The fourth-order valence-corrected chi connectivity index (χ4v) is 2.03. The van der Waals surface area contributed by atoms with Crippen LogP contribution in [0.25, 0.3) is 0 Å². The fraction of sp³-hybridized carbons (Fsp3) is 0.636. The van der Waals surface area contributed by atoms with E-state index in [0.717, 1.165) is 0 Å². The molecule has 0 saturated carbocycles. The number of aromatic nitrogens is 2. The van der Waals surface area contributed by atoms with Crippen molar-refractivity contribution in [3.63, 3.8) is 0 Å². The van der Waals surface area contributed by atoms with Crippen LogP contribution >= 0.6 is 0 Å². The smallest absolute Gasteiger partial charge is 0.274 e. The Labute approximate surface area is 100 Å². The average Bonchev–Trinajstić information content (AvgIpc) is 2.74. The molecule has 17 heavy (non-hydrogen) atoms. The molecule has 1 aliphatic heterocycles. The summed E-state index contributed by atoms with van der Waals surface area (Å²) >= 11 is 0. The third-order valence-electron chi connectivity index (χ3n) is 2.81. The van der Waals surface area contributed by atoms with Gasteiger partial charge in [-0.15, -0.1) is 0 Å². The van der Waals surface area contributed by atoms with Crippen LogP contribution in [-0.4, -0.2) is 52.4 Å². The molecule has 1 amide bonds. The highest BCUT2D eigenvalue weighted by molar-refractivity contribution is 5.92. The van der Waals surface area contributed by atoms with Crippen LogP contribution in [0.3, 0.4) is 0 Å². The number of rotatable bonds is 2. The SMILES string of the molecule is CC1CN(C(=O)c2ccn(C)n2)CC(CN)O1. The van der Waals surface area contributed by atoms with Crippen molar-refractivity contribution >= 4 is 5.91 Å². The minimum Gasteiger partial charge on any atom is -0.370 e. The number of morpholine rings is 1. The first kappa shape index (κ1) is 12.1. The van der Waals surface area contributed by atoms with Crippen molar-refractivity contribution in [3.8, 4) is 0 Å². The van der Waals surface area contributed by atoms with Gasteiger partial charge in [-0.25, -0.2) is 0 Å². The van der Waals surface area contributed by atoms with Crippen LogP contribution in [0.4, 0.5) is 0 Å². The molecule has 1 saturated heterocycles. The van der Waals surface area contributed by atoms with Gasteiger partial charge in [0.2, 0.25) is 0 Å². The molecule has 0 radical (unpaired) electrons. The maximum absolute atomic E-state index is 12.2. The average molecular weight is 238 g/mol. The summed E-state index contributed by atoms with van der Waals surface area (Å²) in [5.41, 5.74) is 6.06. The van der Waals surface area contributed by atoms with E-state index >= 15 is 0 Å². The van der Waals surface area contributed by atoms with Gasteiger partial charge in [0.15, 0.2) is 0 Å². The number of hydrogen-bond donors (Lipinski definition) is 1. The van der Waals surface area contributed by atoms with E-state index in [2.05, 4.69) is 5.10 Å². The van der Waals surface area contributed by atoms with Gasteiger partial charge in [-0.05, 0) is 13.0 Å². The van der Waals surface area contributed by atoms with Crippen molar-refractivity contribution in [2.45, 2.75) is 19.1 Å². The van der Waals surface area contributed by atoms with E-state index in [1.807, 2.05) is 6.92 Å². The summed E-state index contributed by atoms with van der Waals surface area (Å²) in [5.74, 6) is -0.0563. The summed E-state index contributed by atoms with van der Waals surface area (Å²) in [5, 5.41) is 4.12. The molecule has 0 aromatic carbocycles. The second kappa shape index (κ2) is 4.85. The maximum atomic E-state index is 12.2. The summed E-state index contributed by atoms with van der Waals surface area (Å²) in [6.07, 6.45) is 1.70. The standard InChI is InChI=1S/C11H18N4O2/c1-8-6-15(7-9(5-12)17-8)11(16)10-3-4-14(2)13-10/h3-4,8-9H,5-7,12H2,1-2H3. The molecule has 1 aromatic heterocycles. The molecule has 0 aliphatic carbocycles. The van der Waals surface area contributed by atoms with Crippen LogP contribution in [0.5, 0.6) is 0 Å². The maximum Gasteiger partial charge on any atom is 0.274 e. The third kappa shape index (κ3) is 2.65. The van der Waals surface area contributed by atoms with E-state index in [0.29, 0.717) is 25.3 Å². The molecule has 2 N–H and O–H groups in total. The van der Waals surface area contributed by atoms with Crippen molar-refractivity contribution in [1.29, 1.82) is 0 Å². The molecule has 0 bridgehead atoms. The van der Waals surface area contributed by atoms with E-state index in [4.69, 9.17) is 10.5 Å². The van der Waals surface area contributed by atoms with Gasteiger partial charge in [0.05, 0.1) is 12.2 Å². The highest BCUT2D eigenvalue weighted by atomic mass is 16.5. The van der Waals surface area contributed by atoms with Crippen LogP contribution < -0.4 is 5.73 Å². The molecule has 1 fully saturated rings. The van der Waals surface area contributed by atoms with Gasteiger partial charge < -0.3 is 15.4 Å². The lowest BCUT2D eigenvalue weighted by atomic mass is 10.2. The first-order valence-electron chi connectivity index (χ1n) is 5.74. The summed E-state index contributed by atoms with van der Waals surface area (Å²) in [6.45, 7) is 3.50. The number of carbonyl (C=O) groups is 1. The van der Waals surface area contributed by atoms with Gasteiger partial charge in [0.1, 0.15) is 5.69 Å². The minimum absolute atomic E-state index is 0.0185. The Morgan fingerprint density at radius 3 is 3.00 bits per heavy atom. The lowest BCUT2D eigenvalue weighted by Gasteiger charge is -2.35. The zero-order chi connectivity index (χ0) is 12.4. The summed E-state index contributed by atoms with van der Waals surface area (Å²) < 4.78 is 7.23. The molecule has 6 heteroatoms. The van der Waals surface area contributed by atoms with Crippen molar-refractivity contribution in [2.75, 3.05) is 19.6 Å². The molecule has 94 valence electrons. The van der Waals surface area contributed by atoms with Crippen LogP contribution in [0, 0.1) is 0 Å². The predicted molar refractivity (Wildman–Crippen MR) is 62.5 cm³/mol. The fourth-order valence-electron chi connectivity index (χ4n) is 2.03. The van der Waals surface area contributed by atoms with Gasteiger partial charge in [-0.3, -0.25) is 9.48 Å². The van der Waals surface area contributed by atoms with Crippen LogP contribution in [0.2, 0.25) is 0 Å². The molecule has 2 atom stereocenters. The topological polar surface area (TPSA) is 73.4 Å². The van der Waals surface area contributed by atoms with E-state index < -0.39 is 0 Å². The molecule has 0 spiro atoms. The normalized spacial score (nSPS) is 25.0. The Balaban J connectivity index is 2.08. The molecule has 1 aromatic rings. The Morgan fingerprint density at radius 2 is 2.41 bits per heavy atom. The van der Waals surface area contributed by atoms with Crippen molar-refractivity contribution in [2.24, 2.45) is 12.8 Å². The van der Waals surface area contributed by atoms with Gasteiger partial charge in [-0.2, -0.15) is 5.10 Å². The second-order valence-corrected chi connectivity index (χ2v) is 4.39. The van der Waals surface area contributed by atoms with Crippen LogP contribution in [0.15, 0.2) is 12.3 Å². The lowest BCUT2D eigenvalue weighted by molar-refractivity contribution is -0.0627. The number of ether oxygens (including phenoxy) is 1. The molecular formula is C11H18N4O2. The highest BCUT2D eigenvalue weighted by Crippen LogP contribution is 2.13. The Bertz CT molecular complexity index is 404. The zero-order valence-corrected chi connectivity index (χ0v) is 10.2. The minimum atomic E-state index is -0.0774. The lowest BCUT2D eigenvalue weighted by Crippen LogP contribution is -2.51. The quantitative estimate of drug-likeness (QED) is 0.761. The molecular weight excluding hydrogens is 220 g/mol. The number of hydrogen-bond acceptors (Lipinski definition) is 4. The summed E-state index contributed by atoms with van der Waals surface area (Å²) in [7, 11) is 1.79. The molecule has 1 aliphatic rings. The zero-order valence-electron chi connectivity index (χ0n) is 10.2. The largest absolute Gasteiger partial charge is 0.370 e. The second-order valence-electron chi connectivity index (χ2n) is 4.39. The summed E-state index contributed by atoms with van der Waals surface area (Å²) in [6, 6.07) is 1.72. The highest BCUT2D eigenvalue weighted by Gasteiger charge is 2.28. The number of nitrogens with two attached hydrogens (primary N) is 1. The number of carbonyl (C=O) groups excluding carboxylic acids is 1. The van der Waals surface area contributed by atoms with Gasteiger partial charge in [-0.1, -0.05) is 0 Å². The van der Waals surface area contributed by atoms with Crippen LogP contribution in [-0.2, 0) is 11.8 Å². The number of aryl methyl sites for hydroxylation is 1. The Kier molecular flexibility index (Phi) is 3.44.